The fraction of sp³-hybridized carbons (Fsp3) is 0.235. The minimum atomic E-state index is 0.558. The summed E-state index contributed by atoms with van der Waals surface area (Å²) in [7, 11) is 0. The fourth-order valence-corrected chi connectivity index (χ4v) is 2.64. The van der Waals surface area contributed by atoms with E-state index in [-0.39, 0.29) is 0 Å². The predicted octanol–water partition coefficient (Wildman–Crippen LogP) is 3.78. The van der Waals surface area contributed by atoms with Crippen LogP contribution in [0.5, 0.6) is 5.75 Å². The van der Waals surface area contributed by atoms with Gasteiger partial charge in [0.05, 0.1) is 5.71 Å². The van der Waals surface area contributed by atoms with Gasteiger partial charge in [0.15, 0.2) is 0 Å². The molecule has 2 aromatic rings. The molecule has 0 aliphatic heterocycles. The van der Waals surface area contributed by atoms with Crippen LogP contribution in [0.25, 0.3) is 0 Å². The second-order valence-electron chi connectivity index (χ2n) is 4.96. The van der Waals surface area contributed by atoms with Crippen LogP contribution in [0.15, 0.2) is 53.7 Å². The number of nitrogens with zero attached hydrogens (tertiary/aromatic N) is 1. The van der Waals surface area contributed by atoms with Crippen molar-refractivity contribution in [3.8, 4) is 5.75 Å². The molecule has 102 valence electrons. The fourth-order valence-electron chi connectivity index (χ4n) is 2.64. The first-order chi connectivity index (χ1) is 9.88. The molecular formula is C17H17NO2. The lowest BCUT2D eigenvalue weighted by molar-refractivity contribution is 0.301. The summed E-state index contributed by atoms with van der Waals surface area (Å²) in [5.74, 6) is 0.896. The lowest BCUT2D eigenvalue weighted by Gasteiger charge is -2.20. The molecule has 0 heterocycles. The third-order valence-corrected chi connectivity index (χ3v) is 3.64. The zero-order valence-corrected chi connectivity index (χ0v) is 11.2. The highest BCUT2D eigenvalue weighted by atomic mass is 16.5. The highest BCUT2D eigenvalue weighted by Crippen LogP contribution is 2.30. The quantitative estimate of drug-likeness (QED) is 0.679. The Morgan fingerprint density at radius 2 is 1.85 bits per heavy atom. The molecule has 0 bridgehead atoms. The molecule has 0 atom stereocenters. The van der Waals surface area contributed by atoms with Crippen molar-refractivity contribution >= 4 is 5.71 Å². The van der Waals surface area contributed by atoms with Crippen LogP contribution < -0.4 is 4.74 Å². The largest absolute Gasteiger partial charge is 0.489 e. The summed E-state index contributed by atoms with van der Waals surface area (Å²) in [6.45, 7) is 0.558. The molecule has 3 heteroatoms. The molecular weight excluding hydrogens is 250 g/mol. The number of rotatable bonds is 3. The third kappa shape index (κ3) is 2.52. The summed E-state index contributed by atoms with van der Waals surface area (Å²) in [6.07, 6.45) is 2.79. The van der Waals surface area contributed by atoms with Crippen molar-refractivity contribution in [2.45, 2.75) is 25.9 Å². The molecule has 1 aliphatic carbocycles. The molecule has 0 saturated carbocycles. The minimum absolute atomic E-state index is 0.558. The van der Waals surface area contributed by atoms with Crippen molar-refractivity contribution in [3.05, 3.63) is 65.2 Å². The van der Waals surface area contributed by atoms with Gasteiger partial charge in [-0.15, -0.1) is 0 Å². The van der Waals surface area contributed by atoms with E-state index in [4.69, 9.17) is 9.94 Å². The average molecular weight is 267 g/mol. The van der Waals surface area contributed by atoms with Gasteiger partial charge in [-0.25, -0.2) is 0 Å². The molecule has 2 aromatic carbocycles. The monoisotopic (exact) mass is 267 g/mol. The molecule has 1 aliphatic rings. The van der Waals surface area contributed by atoms with Crippen molar-refractivity contribution in [3.63, 3.8) is 0 Å². The van der Waals surface area contributed by atoms with Crippen LogP contribution in [0.1, 0.15) is 29.5 Å². The summed E-state index contributed by atoms with van der Waals surface area (Å²) >= 11 is 0. The zero-order chi connectivity index (χ0) is 13.8. The van der Waals surface area contributed by atoms with Crippen molar-refractivity contribution < 1.29 is 9.94 Å². The van der Waals surface area contributed by atoms with Crippen LogP contribution in [0, 0.1) is 0 Å². The van der Waals surface area contributed by atoms with E-state index in [2.05, 4.69) is 17.3 Å². The molecule has 20 heavy (non-hydrogen) atoms. The van der Waals surface area contributed by atoms with E-state index >= 15 is 0 Å². The van der Waals surface area contributed by atoms with E-state index in [1.54, 1.807) is 0 Å². The SMILES string of the molecule is O/N=C1\CCCc2c(OCc3ccccc3)cccc21. The standard InChI is InChI=1S/C17H17NO2/c19-18-16-10-4-9-15-14(16)8-5-11-17(15)20-12-13-6-2-1-3-7-13/h1-3,5-8,11,19H,4,9-10,12H2/b18-16+. The number of hydrogen-bond acceptors (Lipinski definition) is 3. The van der Waals surface area contributed by atoms with Gasteiger partial charge in [-0.1, -0.05) is 47.6 Å². The molecule has 3 rings (SSSR count). The van der Waals surface area contributed by atoms with Gasteiger partial charge >= 0.3 is 0 Å². The Morgan fingerprint density at radius 1 is 1.00 bits per heavy atom. The molecule has 0 fully saturated rings. The van der Waals surface area contributed by atoms with Crippen molar-refractivity contribution in [2.24, 2.45) is 5.16 Å². The minimum Gasteiger partial charge on any atom is -0.489 e. The Hall–Kier alpha value is -2.29. The van der Waals surface area contributed by atoms with Gasteiger partial charge < -0.3 is 9.94 Å². The van der Waals surface area contributed by atoms with Gasteiger partial charge in [-0.2, -0.15) is 0 Å². The maximum Gasteiger partial charge on any atom is 0.123 e. The Kier molecular flexibility index (Phi) is 3.68. The second kappa shape index (κ2) is 5.78. The Balaban J connectivity index is 1.84. The van der Waals surface area contributed by atoms with E-state index in [9.17, 15) is 0 Å². The topological polar surface area (TPSA) is 41.8 Å². The smallest absolute Gasteiger partial charge is 0.123 e. The van der Waals surface area contributed by atoms with E-state index in [0.29, 0.717) is 6.61 Å². The van der Waals surface area contributed by atoms with Gasteiger partial charge in [0.2, 0.25) is 0 Å². The van der Waals surface area contributed by atoms with Gasteiger partial charge in [0.25, 0.3) is 0 Å². The Bertz CT molecular complexity index is 620. The molecule has 3 nitrogen and oxygen atoms in total. The van der Waals surface area contributed by atoms with Crippen LogP contribution in [0.2, 0.25) is 0 Å². The zero-order valence-electron chi connectivity index (χ0n) is 11.2. The lowest BCUT2D eigenvalue weighted by atomic mass is 9.89. The highest BCUT2D eigenvalue weighted by molar-refractivity contribution is 6.02. The Labute approximate surface area is 118 Å². The highest BCUT2D eigenvalue weighted by Gasteiger charge is 2.19. The van der Waals surface area contributed by atoms with Crippen LogP contribution >= 0.6 is 0 Å². The number of benzene rings is 2. The van der Waals surface area contributed by atoms with E-state index in [1.165, 1.54) is 0 Å². The number of ether oxygens (including phenoxy) is 1. The van der Waals surface area contributed by atoms with Crippen molar-refractivity contribution in [2.75, 3.05) is 0 Å². The van der Waals surface area contributed by atoms with E-state index in [0.717, 1.165) is 47.4 Å². The second-order valence-corrected chi connectivity index (χ2v) is 4.96. The number of fused-ring (bicyclic) bond motifs is 1. The van der Waals surface area contributed by atoms with E-state index < -0.39 is 0 Å². The summed E-state index contributed by atoms with van der Waals surface area (Å²) in [5, 5.41) is 12.5. The van der Waals surface area contributed by atoms with Gasteiger partial charge in [0.1, 0.15) is 12.4 Å². The summed E-state index contributed by atoms with van der Waals surface area (Å²) in [4.78, 5) is 0. The van der Waals surface area contributed by atoms with Crippen LogP contribution in [-0.2, 0) is 13.0 Å². The van der Waals surface area contributed by atoms with Crippen molar-refractivity contribution in [1.82, 2.24) is 0 Å². The first kappa shape index (κ1) is 12.7. The van der Waals surface area contributed by atoms with Crippen LogP contribution in [-0.4, -0.2) is 10.9 Å². The summed E-state index contributed by atoms with van der Waals surface area (Å²) in [6, 6.07) is 16.1. The number of hydrogen-bond donors (Lipinski definition) is 1. The average Bonchev–Trinajstić information content (AvgIpc) is 2.53. The van der Waals surface area contributed by atoms with Gasteiger partial charge in [0, 0.05) is 11.1 Å². The Morgan fingerprint density at radius 3 is 2.65 bits per heavy atom. The molecule has 0 aromatic heterocycles. The molecule has 0 radical (unpaired) electrons. The lowest BCUT2D eigenvalue weighted by Crippen LogP contribution is -2.13. The maximum atomic E-state index is 9.08. The molecule has 0 unspecified atom stereocenters. The number of oxime groups is 1. The van der Waals surface area contributed by atoms with Gasteiger partial charge in [-0.3, -0.25) is 0 Å². The maximum absolute atomic E-state index is 9.08. The first-order valence-electron chi connectivity index (χ1n) is 6.88. The predicted molar refractivity (Wildman–Crippen MR) is 78.5 cm³/mol. The summed E-state index contributed by atoms with van der Waals surface area (Å²) < 4.78 is 5.95. The third-order valence-electron chi connectivity index (χ3n) is 3.64. The molecule has 0 amide bonds. The van der Waals surface area contributed by atoms with Crippen LogP contribution in [0.4, 0.5) is 0 Å². The van der Waals surface area contributed by atoms with Crippen molar-refractivity contribution in [1.29, 1.82) is 0 Å². The van der Waals surface area contributed by atoms with Crippen LogP contribution in [0.3, 0.4) is 0 Å². The molecule has 0 spiro atoms. The summed E-state index contributed by atoms with van der Waals surface area (Å²) in [5.41, 5.74) is 4.08. The molecule has 0 saturated heterocycles. The first-order valence-corrected chi connectivity index (χ1v) is 6.88. The van der Waals surface area contributed by atoms with Gasteiger partial charge in [-0.05, 0) is 30.9 Å². The molecule has 1 N–H and O–H groups in total. The normalized spacial score (nSPS) is 15.9. The van der Waals surface area contributed by atoms with E-state index in [1.807, 2.05) is 36.4 Å².